The van der Waals surface area contributed by atoms with E-state index < -0.39 is 23.2 Å². The monoisotopic (exact) mass is 415 g/mol. The molecule has 156 valence electrons. The smallest absolute Gasteiger partial charge is 0.273 e. The normalized spacial score (nSPS) is 13.8. The summed E-state index contributed by atoms with van der Waals surface area (Å²) in [6.45, 7) is 2.06. The summed E-state index contributed by atoms with van der Waals surface area (Å²) in [6, 6.07) is 14.5. The van der Waals surface area contributed by atoms with Crippen molar-refractivity contribution in [2.45, 2.75) is 32.5 Å². The first-order valence-electron chi connectivity index (χ1n) is 9.52. The first kappa shape index (κ1) is 20.0. The number of nitrogens with zero attached hydrogens (tertiary/aromatic N) is 3. The molecular weight excluding hydrogens is 395 g/mol. The summed E-state index contributed by atoms with van der Waals surface area (Å²) < 4.78 is 48.4. The van der Waals surface area contributed by atoms with E-state index in [2.05, 4.69) is 5.10 Å². The van der Waals surface area contributed by atoms with Crippen LogP contribution >= 0.6 is 0 Å². The van der Waals surface area contributed by atoms with Crippen LogP contribution in [0.1, 0.15) is 34.1 Å². The number of carbonyl (C=O) groups excluding carboxylic acids is 1. The molecule has 1 aliphatic heterocycles. The number of ether oxygens (including phenoxy) is 1. The van der Waals surface area contributed by atoms with Gasteiger partial charge in [-0.25, -0.2) is 13.2 Å². The van der Waals surface area contributed by atoms with Crippen LogP contribution in [-0.4, -0.2) is 27.1 Å². The Labute approximate surface area is 171 Å². The Balaban J connectivity index is 1.46. The molecule has 0 aliphatic carbocycles. The lowest BCUT2D eigenvalue weighted by atomic mass is 10.0. The first-order chi connectivity index (χ1) is 14.3. The molecule has 3 aromatic rings. The van der Waals surface area contributed by atoms with E-state index >= 15 is 0 Å². The number of carbonyl (C=O) groups is 1. The molecule has 30 heavy (non-hydrogen) atoms. The van der Waals surface area contributed by atoms with E-state index in [0.29, 0.717) is 32.5 Å². The molecule has 1 amide bonds. The summed E-state index contributed by atoms with van der Waals surface area (Å²) in [5.41, 5.74) is 1.04. The number of alkyl halides is 2. The third-order valence-electron chi connectivity index (χ3n) is 4.98. The van der Waals surface area contributed by atoms with Gasteiger partial charge >= 0.3 is 0 Å². The summed E-state index contributed by atoms with van der Waals surface area (Å²) in [5, 5.41) is 4.40. The van der Waals surface area contributed by atoms with Crippen LogP contribution in [0.4, 0.5) is 13.2 Å². The van der Waals surface area contributed by atoms with Gasteiger partial charge in [-0.15, -0.1) is 5.10 Å². The van der Waals surface area contributed by atoms with Crippen molar-refractivity contribution in [3.8, 4) is 5.88 Å². The second-order valence-corrected chi connectivity index (χ2v) is 7.28. The SMILES string of the molecule is CC(F)(F)c1cc(C(=O)N2CCn3nc(OCc4ccccc4)cc3C2)ccc1F. The molecule has 0 spiro atoms. The molecule has 0 bridgehead atoms. The molecule has 0 saturated heterocycles. The van der Waals surface area contributed by atoms with Crippen molar-refractivity contribution in [3.63, 3.8) is 0 Å². The molecular formula is C22H20F3N3O2. The number of halogens is 3. The lowest BCUT2D eigenvalue weighted by Gasteiger charge is -2.28. The molecule has 4 rings (SSSR count). The Kier molecular flexibility index (Phi) is 5.24. The van der Waals surface area contributed by atoms with E-state index in [1.54, 1.807) is 10.7 Å². The summed E-state index contributed by atoms with van der Waals surface area (Å²) >= 11 is 0. The topological polar surface area (TPSA) is 47.4 Å². The van der Waals surface area contributed by atoms with Crippen molar-refractivity contribution in [1.29, 1.82) is 0 Å². The summed E-state index contributed by atoms with van der Waals surface area (Å²) in [5.74, 6) is -4.38. The van der Waals surface area contributed by atoms with Crippen molar-refractivity contribution in [1.82, 2.24) is 14.7 Å². The number of hydrogen-bond acceptors (Lipinski definition) is 3. The summed E-state index contributed by atoms with van der Waals surface area (Å²) in [6.07, 6.45) is 0. The molecule has 2 aromatic carbocycles. The molecule has 0 N–H and O–H groups in total. The van der Waals surface area contributed by atoms with Crippen LogP contribution in [0.3, 0.4) is 0 Å². The summed E-state index contributed by atoms with van der Waals surface area (Å²) in [4.78, 5) is 14.3. The van der Waals surface area contributed by atoms with Gasteiger partial charge in [0.2, 0.25) is 5.88 Å². The Bertz CT molecular complexity index is 1060. The number of amides is 1. The molecule has 0 atom stereocenters. The lowest BCUT2D eigenvalue weighted by molar-refractivity contribution is 0.0137. The van der Waals surface area contributed by atoms with Gasteiger partial charge in [-0.1, -0.05) is 30.3 Å². The number of fused-ring (bicyclic) bond motifs is 1. The highest BCUT2D eigenvalue weighted by molar-refractivity contribution is 5.94. The molecule has 5 nitrogen and oxygen atoms in total. The predicted molar refractivity (Wildman–Crippen MR) is 104 cm³/mol. The second-order valence-electron chi connectivity index (χ2n) is 7.28. The first-order valence-corrected chi connectivity index (χ1v) is 9.52. The van der Waals surface area contributed by atoms with Crippen LogP contribution in [0.15, 0.2) is 54.6 Å². The third kappa shape index (κ3) is 4.17. The minimum absolute atomic E-state index is 0.0291. The standard InChI is InChI=1S/C22H20F3N3O2/c1-22(24,25)18-11-16(7-8-19(18)23)21(29)27-9-10-28-17(13-27)12-20(26-28)30-14-15-5-3-2-4-6-15/h2-8,11-12H,9-10,13-14H2,1H3. The van der Waals surface area contributed by atoms with Crippen LogP contribution in [0.25, 0.3) is 0 Å². The van der Waals surface area contributed by atoms with Crippen LogP contribution < -0.4 is 4.74 Å². The fourth-order valence-electron chi connectivity index (χ4n) is 3.39. The van der Waals surface area contributed by atoms with Gasteiger partial charge in [0.05, 0.1) is 24.3 Å². The number of rotatable bonds is 5. The molecule has 1 aliphatic rings. The maximum Gasteiger partial charge on any atom is 0.273 e. The molecule has 0 saturated carbocycles. The van der Waals surface area contributed by atoms with Crippen LogP contribution in [0, 0.1) is 5.82 Å². The third-order valence-corrected chi connectivity index (χ3v) is 4.98. The fourth-order valence-corrected chi connectivity index (χ4v) is 3.39. The van der Waals surface area contributed by atoms with Crippen molar-refractivity contribution >= 4 is 5.91 Å². The lowest BCUT2D eigenvalue weighted by Crippen LogP contribution is -2.38. The molecule has 1 aromatic heterocycles. The van der Waals surface area contributed by atoms with Gasteiger partial charge in [-0.3, -0.25) is 9.48 Å². The van der Waals surface area contributed by atoms with E-state index in [0.717, 1.165) is 23.4 Å². The molecule has 2 heterocycles. The molecule has 0 unspecified atom stereocenters. The minimum atomic E-state index is -3.37. The van der Waals surface area contributed by atoms with E-state index in [-0.39, 0.29) is 12.1 Å². The van der Waals surface area contributed by atoms with Gasteiger partial charge in [-0.2, -0.15) is 0 Å². The Morgan fingerprint density at radius 2 is 1.90 bits per heavy atom. The zero-order valence-corrected chi connectivity index (χ0v) is 16.3. The van der Waals surface area contributed by atoms with E-state index in [4.69, 9.17) is 4.74 Å². The largest absolute Gasteiger partial charge is 0.472 e. The zero-order valence-electron chi connectivity index (χ0n) is 16.3. The highest BCUT2D eigenvalue weighted by Gasteiger charge is 2.30. The van der Waals surface area contributed by atoms with E-state index in [1.165, 1.54) is 11.0 Å². The Hall–Kier alpha value is -3.29. The second kappa shape index (κ2) is 7.85. The fraction of sp³-hybridized carbons (Fsp3) is 0.273. The number of benzene rings is 2. The molecule has 0 fully saturated rings. The number of aromatic nitrogens is 2. The Morgan fingerprint density at radius 1 is 1.13 bits per heavy atom. The van der Waals surface area contributed by atoms with E-state index in [9.17, 15) is 18.0 Å². The van der Waals surface area contributed by atoms with E-state index in [1.807, 2.05) is 30.3 Å². The van der Waals surface area contributed by atoms with Gasteiger partial charge in [0.15, 0.2) is 0 Å². The van der Waals surface area contributed by atoms with Crippen molar-refractivity contribution in [2.75, 3.05) is 6.54 Å². The van der Waals surface area contributed by atoms with Gasteiger partial charge in [0, 0.05) is 25.1 Å². The summed E-state index contributed by atoms with van der Waals surface area (Å²) in [7, 11) is 0. The highest BCUT2D eigenvalue weighted by Crippen LogP contribution is 2.30. The maximum atomic E-state index is 13.7. The van der Waals surface area contributed by atoms with Crippen molar-refractivity contribution in [3.05, 3.63) is 82.8 Å². The van der Waals surface area contributed by atoms with Crippen LogP contribution in [0.5, 0.6) is 5.88 Å². The molecule has 0 radical (unpaired) electrons. The average molecular weight is 415 g/mol. The van der Waals surface area contributed by atoms with Gasteiger partial charge in [0.1, 0.15) is 12.4 Å². The van der Waals surface area contributed by atoms with Crippen LogP contribution in [0.2, 0.25) is 0 Å². The van der Waals surface area contributed by atoms with Gasteiger partial charge in [0.25, 0.3) is 11.8 Å². The van der Waals surface area contributed by atoms with Gasteiger partial charge in [-0.05, 0) is 23.8 Å². The molecule has 8 heteroatoms. The maximum absolute atomic E-state index is 13.7. The quantitative estimate of drug-likeness (QED) is 0.622. The van der Waals surface area contributed by atoms with Crippen molar-refractivity contribution < 1.29 is 22.7 Å². The average Bonchev–Trinajstić information content (AvgIpc) is 3.14. The van der Waals surface area contributed by atoms with Crippen LogP contribution in [-0.2, 0) is 25.6 Å². The Morgan fingerprint density at radius 3 is 2.63 bits per heavy atom. The van der Waals surface area contributed by atoms with Gasteiger partial charge < -0.3 is 9.64 Å². The zero-order chi connectivity index (χ0) is 21.3. The minimum Gasteiger partial charge on any atom is -0.472 e. The predicted octanol–water partition coefficient (Wildman–Crippen LogP) is 4.37. The number of hydrogen-bond donors (Lipinski definition) is 0. The van der Waals surface area contributed by atoms with Crippen molar-refractivity contribution in [2.24, 2.45) is 0 Å². The highest BCUT2D eigenvalue weighted by atomic mass is 19.3.